The number of aryl methyl sites for hydroxylation is 2. The highest BCUT2D eigenvalue weighted by atomic mass is 16.5. The van der Waals surface area contributed by atoms with Crippen LogP contribution in [-0.2, 0) is 9.53 Å². The molecule has 1 heterocycles. The van der Waals surface area contributed by atoms with Crippen LogP contribution in [0.15, 0.2) is 10.5 Å². The third-order valence-electron chi connectivity index (χ3n) is 4.06. The molecule has 1 aromatic rings. The Kier molecular flexibility index (Phi) is 9.27. The molecule has 0 atom stereocenters. The van der Waals surface area contributed by atoms with Crippen molar-refractivity contribution in [2.75, 3.05) is 39.9 Å². The SMILES string of the molecule is CCCN(CCC)C(=O)CCN(CCOC)C(=O)c1cc(C)oc1C. The van der Waals surface area contributed by atoms with Gasteiger partial charge in [0.1, 0.15) is 11.5 Å². The molecule has 0 radical (unpaired) electrons. The monoisotopic (exact) mass is 352 g/mol. The molecule has 25 heavy (non-hydrogen) atoms. The van der Waals surface area contributed by atoms with E-state index in [4.69, 9.17) is 9.15 Å². The number of hydrogen-bond acceptors (Lipinski definition) is 4. The molecule has 0 saturated heterocycles. The van der Waals surface area contributed by atoms with Crippen LogP contribution in [0.1, 0.15) is 55.0 Å². The molecule has 0 aromatic carbocycles. The average Bonchev–Trinajstić information content (AvgIpc) is 2.92. The summed E-state index contributed by atoms with van der Waals surface area (Å²) in [5.41, 5.74) is 0.556. The summed E-state index contributed by atoms with van der Waals surface area (Å²) in [6, 6.07) is 1.75. The highest BCUT2D eigenvalue weighted by molar-refractivity contribution is 5.95. The minimum Gasteiger partial charge on any atom is -0.466 e. The summed E-state index contributed by atoms with van der Waals surface area (Å²) in [5, 5.41) is 0. The van der Waals surface area contributed by atoms with Crippen LogP contribution in [0, 0.1) is 13.8 Å². The first-order valence-corrected chi connectivity index (χ1v) is 9.07. The van der Waals surface area contributed by atoms with Crippen molar-refractivity contribution >= 4 is 11.8 Å². The third-order valence-corrected chi connectivity index (χ3v) is 4.06. The topological polar surface area (TPSA) is 63.0 Å². The zero-order chi connectivity index (χ0) is 18.8. The van der Waals surface area contributed by atoms with E-state index in [1.54, 1.807) is 25.0 Å². The molecule has 0 unspecified atom stereocenters. The first kappa shape index (κ1) is 21.2. The summed E-state index contributed by atoms with van der Waals surface area (Å²) in [6.45, 7) is 10.5. The predicted octanol–water partition coefficient (Wildman–Crippen LogP) is 3.02. The lowest BCUT2D eigenvalue weighted by Crippen LogP contribution is -2.39. The Hall–Kier alpha value is -1.82. The van der Waals surface area contributed by atoms with E-state index in [1.807, 2.05) is 11.8 Å². The van der Waals surface area contributed by atoms with Crippen LogP contribution in [0.2, 0.25) is 0 Å². The van der Waals surface area contributed by atoms with Crippen molar-refractivity contribution in [3.8, 4) is 0 Å². The van der Waals surface area contributed by atoms with Crippen molar-refractivity contribution < 1.29 is 18.7 Å². The number of carbonyl (C=O) groups excluding carboxylic acids is 2. The number of rotatable bonds is 11. The summed E-state index contributed by atoms with van der Waals surface area (Å²) in [5.74, 6) is 1.30. The molecule has 0 spiro atoms. The van der Waals surface area contributed by atoms with Crippen molar-refractivity contribution in [1.82, 2.24) is 9.80 Å². The van der Waals surface area contributed by atoms with E-state index in [9.17, 15) is 9.59 Å². The summed E-state index contributed by atoms with van der Waals surface area (Å²) in [7, 11) is 1.60. The largest absolute Gasteiger partial charge is 0.466 e. The normalized spacial score (nSPS) is 10.8. The van der Waals surface area contributed by atoms with Gasteiger partial charge in [-0.1, -0.05) is 13.8 Å². The van der Waals surface area contributed by atoms with Crippen LogP contribution in [0.4, 0.5) is 0 Å². The highest BCUT2D eigenvalue weighted by Crippen LogP contribution is 2.16. The van der Waals surface area contributed by atoms with E-state index >= 15 is 0 Å². The number of hydrogen-bond donors (Lipinski definition) is 0. The molecule has 0 saturated carbocycles. The van der Waals surface area contributed by atoms with Gasteiger partial charge in [0.2, 0.25) is 5.91 Å². The number of nitrogens with zero attached hydrogens (tertiary/aromatic N) is 2. The molecule has 0 aliphatic rings. The minimum absolute atomic E-state index is 0.0963. The first-order valence-electron chi connectivity index (χ1n) is 9.07. The van der Waals surface area contributed by atoms with E-state index in [1.165, 1.54) is 0 Å². The zero-order valence-electron chi connectivity index (χ0n) is 16.3. The zero-order valence-corrected chi connectivity index (χ0v) is 16.3. The Morgan fingerprint density at radius 1 is 1.04 bits per heavy atom. The van der Waals surface area contributed by atoms with E-state index < -0.39 is 0 Å². The van der Waals surface area contributed by atoms with Gasteiger partial charge < -0.3 is 19.0 Å². The Labute approximate surface area is 151 Å². The van der Waals surface area contributed by atoms with Crippen LogP contribution in [-0.4, -0.2) is 61.5 Å². The molecule has 6 nitrogen and oxygen atoms in total. The maximum Gasteiger partial charge on any atom is 0.257 e. The molecular weight excluding hydrogens is 320 g/mol. The minimum atomic E-state index is -0.114. The second-order valence-electron chi connectivity index (χ2n) is 6.24. The fourth-order valence-electron chi connectivity index (χ4n) is 2.82. The lowest BCUT2D eigenvalue weighted by Gasteiger charge is -2.25. The number of ether oxygens (including phenoxy) is 1. The number of amides is 2. The number of methoxy groups -OCH3 is 1. The first-order chi connectivity index (χ1) is 11.9. The quantitative estimate of drug-likeness (QED) is 0.614. The lowest BCUT2D eigenvalue weighted by atomic mass is 10.2. The predicted molar refractivity (Wildman–Crippen MR) is 97.7 cm³/mol. The standard InChI is InChI=1S/C19H32N2O4/c1-6-9-20(10-7-2)18(22)8-11-21(12-13-24-5)19(23)17-14-15(3)25-16(17)4/h14H,6-13H2,1-5H3. The van der Waals surface area contributed by atoms with Crippen molar-refractivity contribution in [2.24, 2.45) is 0 Å². The molecule has 0 fully saturated rings. The maximum atomic E-state index is 12.8. The summed E-state index contributed by atoms with van der Waals surface area (Å²) < 4.78 is 10.6. The van der Waals surface area contributed by atoms with Crippen molar-refractivity contribution in [1.29, 1.82) is 0 Å². The van der Waals surface area contributed by atoms with Gasteiger partial charge in [-0.3, -0.25) is 9.59 Å². The Balaban J connectivity index is 2.76. The second-order valence-corrected chi connectivity index (χ2v) is 6.24. The highest BCUT2D eigenvalue weighted by Gasteiger charge is 2.22. The Morgan fingerprint density at radius 3 is 2.16 bits per heavy atom. The molecular formula is C19H32N2O4. The average molecular weight is 352 g/mol. The number of carbonyl (C=O) groups is 2. The molecule has 0 aliphatic heterocycles. The molecule has 2 amide bonds. The molecule has 0 N–H and O–H groups in total. The third kappa shape index (κ3) is 6.53. The number of furan rings is 1. The summed E-state index contributed by atoms with van der Waals surface area (Å²) in [4.78, 5) is 28.8. The Morgan fingerprint density at radius 2 is 1.68 bits per heavy atom. The van der Waals surface area contributed by atoms with Gasteiger partial charge >= 0.3 is 0 Å². The van der Waals surface area contributed by atoms with Crippen molar-refractivity contribution in [2.45, 2.75) is 47.0 Å². The van der Waals surface area contributed by atoms with Crippen LogP contribution >= 0.6 is 0 Å². The van der Waals surface area contributed by atoms with Crippen LogP contribution in [0.25, 0.3) is 0 Å². The van der Waals surface area contributed by atoms with E-state index in [2.05, 4.69) is 13.8 Å². The van der Waals surface area contributed by atoms with Crippen LogP contribution < -0.4 is 0 Å². The smallest absolute Gasteiger partial charge is 0.257 e. The van der Waals surface area contributed by atoms with Crippen LogP contribution in [0.3, 0.4) is 0 Å². The summed E-state index contributed by atoms with van der Waals surface area (Å²) >= 11 is 0. The fraction of sp³-hybridized carbons (Fsp3) is 0.684. The molecule has 1 aromatic heterocycles. The van der Waals surface area contributed by atoms with Gasteiger partial charge in [-0.2, -0.15) is 0 Å². The van der Waals surface area contributed by atoms with Gasteiger partial charge in [0.05, 0.1) is 12.2 Å². The van der Waals surface area contributed by atoms with Crippen molar-refractivity contribution in [3.63, 3.8) is 0 Å². The van der Waals surface area contributed by atoms with Gasteiger partial charge in [0, 0.05) is 39.7 Å². The molecule has 6 heteroatoms. The van der Waals surface area contributed by atoms with Gasteiger partial charge in [-0.15, -0.1) is 0 Å². The van der Waals surface area contributed by atoms with Crippen molar-refractivity contribution in [3.05, 3.63) is 23.2 Å². The lowest BCUT2D eigenvalue weighted by molar-refractivity contribution is -0.131. The van der Waals surface area contributed by atoms with Gasteiger partial charge in [0.15, 0.2) is 0 Å². The fourth-order valence-corrected chi connectivity index (χ4v) is 2.82. The van der Waals surface area contributed by atoms with E-state index in [0.717, 1.165) is 25.9 Å². The summed E-state index contributed by atoms with van der Waals surface area (Å²) in [6.07, 6.45) is 2.20. The van der Waals surface area contributed by atoms with Gasteiger partial charge in [-0.25, -0.2) is 0 Å². The molecule has 1 rings (SSSR count). The second kappa shape index (κ2) is 10.9. The molecule has 142 valence electrons. The van der Waals surface area contributed by atoms with E-state index in [-0.39, 0.29) is 11.8 Å². The maximum absolute atomic E-state index is 12.8. The Bertz CT molecular complexity index is 548. The molecule has 0 aliphatic carbocycles. The van der Waals surface area contributed by atoms with Gasteiger partial charge in [0.25, 0.3) is 5.91 Å². The van der Waals surface area contributed by atoms with Crippen LogP contribution in [0.5, 0.6) is 0 Å². The van der Waals surface area contributed by atoms with Gasteiger partial charge in [-0.05, 0) is 32.8 Å². The van der Waals surface area contributed by atoms with E-state index in [0.29, 0.717) is 43.2 Å². The molecule has 0 bridgehead atoms.